The van der Waals surface area contributed by atoms with Crippen molar-refractivity contribution >= 4 is 44.5 Å². The number of carbonyl (C=O) groups excluding carboxylic acids is 1. The summed E-state index contributed by atoms with van der Waals surface area (Å²) < 4.78 is 26.2. The van der Waals surface area contributed by atoms with E-state index in [-0.39, 0.29) is 35.0 Å². The second kappa shape index (κ2) is 7.53. The van der Waals surface area contributed by atoms with Gasteiger partial charge in [0, 0.05) is 13.6 Å². The Balaban J connectivity index is 2.72. The zero-order valence-corrected chi connectivity index (χ0v) is 16.6. The molecule has 0 radical (unpaired) electrons. The minimum atomic E-state index is -0.982. The highest BCUT2D eigenvalue weighted by molar-refractivity contribution is 14.1. The lowest BCUT2D eigenvalue weighted by Crippen LogP contribution is -2.26. The largest absolute Gasteiger partial charge is 0.463 e. The Morgan fingerprint density at radius 3 is 2.83 bits per heavy atom. The third-order valence-electron chi connectivity index (χ3n) is 3.45. The SMILES string of the molecule is CCOC(=O)C1=C(C)OC(N)=C(C#N)C1c1cc(I)c(Br)cc1F. The Bertz CT molecular complexity index is 814. The molecular formula is C16H13BrFIN2O3. The first-order chi connectivity index (χ1) is 11.3. The number of nitrogens with zero attached hydrogens (tertiary/aromatic N) is 1. The van der Waals surface area contributed by atoms with Gasteiger partial charge in [0.05, 0.1) is 18.1 Å². The van der Waals surface area contributed by atoms with E-state index in [1.54, 1.807) is 13.0 Å². The predicted octanol–water partition coefficient (Wildman–Crippen LogP) is 3.84. The third-order valence-corrected chi connectivity index (χ3v) is 5.74. The first-order valence-electron chi connectivity index (χ1n) is 6.91. The molecule has 1 atom stereocenters. The van der Waals surface area contributed by atoms with Gasteiger partial charge in [0.25, 0.3) is 0 Å². The first-order valence-corrected chi connectivity index (χ1v) is 8.78. The van der Waals surface area contributed by atoms with Gasteiger partial charge in [-0.1, -0.05) is 0 Å². The number of ether oxygens (including phenoxy) is 2. The molecular weight excluding hydrogens is 494 g/mol. The van der Waals surface area contributed by atoms with Crippen LogP contribution >= 0.6 is 38.5 Å². The van der Waals surface area contributed by atoms with Crippen LogP contribution in [0.2, 0.25) is 0 Å². The van der Waals surface area contributed by atoms with Crippen LogP contribution in [0.1, 0.15) is 25.3 Å². The second-order valence-electron chi connectivity index (χ2n) is 4.90. The Labute approximate surface area is 160 Å². The number of nitriles is 1. The van der Waals surface area contributed by atoms with Gasteiger partial charge in [-0.15, -0.1) is 0 Å². The monoisotopic (exact) mass is 506 g/mol. The van der Waals surface area contributed by atoms with Crippen molar-refractivity contribution in [3.8, 4) is 6.07 Å². The lowest BCUT2D eigenvalue weighted by atomic mass is 9.83. The van der Waals surface area contributed by atoms with Crippen molar-refractivity contribution in [2.45, 2.75) is 19.8 Å². The standard InChI is InChI=1S/C16H13BrFIN2O3/c1-3-23-16(22)13-7(2)24-15(21)9(6-20)14(13)8-4-12(19)10(17)5-11(8)18/h4-5,14H,3,21H2,1-2H3. The molecule has 1 aliphatic rings. The molecule has 0 amide bonds. The van der Waals surface area contributed by atoms with E-state index in [1.807, 2.05) is 28.7 Å². The molecule has 126 valence electrons. The molecule has 1 aromatic carbocycles. The molecule has 2 N–H and O–H groups in total. The van der Waals surface area contributed by atoms with Gasteiger partial charge in [-0.2, -0.15) is 5.26 Å². The first kappa shape index (κ1) is 18.7. The summed E-state index contributed by atoms with van der Waals surface area (Å²) in [5.74, 6) is -2.18. The van der Waals surface area contributed by atoms with Crippen LogP contribution in [0, 0.1) is 20.7 Å². The molecule has 0 spiro atoms. The normalized spacial score (nSPS) is 17.4. The molecule has 0 fully saturated rings. The molecule has 2 rings (SSSR count). The van der Waals surface area contributed by atoms with Gasteiger partial charge in [0.15, 0.2) is 0 Å². The maximum atomic E-state index is 14.6. The lowest BCUT2D eigenvalue weighted by molar-refractivity contribution is -0.139. The van der Waals surface area contributed by atoms with Gasteiger partial charge in [0.2, 0.25) is 5.88 Å². The van der Waals surface area contributed by atoms with Gasteiger partial charge in [-0.25, -0.2) is 9.18 Å². The summed E-state index contributed by atoms with van der Waals surface area (Å²) in [7, 11) is 0. The summed E-state index contributed by atoms with van der Waals surface area (Å²) in [6.45, 7) is 3.33. The highest BCUT2D eigenvalue weighted by Crippen LogP contribution is 2.41. The van der Waals surface area contributed by atoms with Crippen LogP contribution in [0.5, 0.6) is 0 Å². The van der Waals surface area contributed by atoms with Crippen molar-refractivity contribution < 1.29 is 18.7 Å². The summed E-state index contributed by atoms with van der Waals surface area (Å²) in [4.78, 5) is 12.4. The van der Waals surface area contributed by atoms with E-state index in [1.165, 1.54) is 13.0 Å². The molecule has 5 nitrogen and oxygen atoms in total. The minimum absolute atomic E-state index is 0.0272. The Morgan fingerprint density at radius 2 is 2.25 bits per heavy atom. The van der Waals surface area contributed by atoms with Gasteiger partial charge in [0.1, 0.15) is 23.2 Å². The fraction of sp³-hybridized carbons (Fsp3) is 0.250. The van der Waals surface area contributed by atoms with Gasteiger partial charge in [-0.05, 0) is 64.5 Å². The molecule has 1 aromatic rings. The number of carbonyl (C=O) groups is 1. The fourth-order valence-corrected chi connectivity index (χ4v) is 3.23. The molecule has 0 aliphatic carbocycles. The van der Waals surface area contributed by atoms with Gasteiger partial charge in [-0.3, -0.25) is 0 Å². The Kier molecular flexibility index (Phi) is 5.87. The molecule has 1 unspecified atom stereocenters. The molecule has 8 heteroatoms. The summed E-state index contributed by atoms with van der Waals surface area (Å²) in [5, 5.41) is 9.45. The van der Waals surface area contributed by atoms with E-state index in [4.69, 9.17) is 15.2 Å². The quantitative estimate of drug-likeness (QED) is 0.382. The van der Waals surface area contributed by atoms with Crippen LogP contribution in [0.15, 0.2) is 39.4 Å². The maximum absolute atomic E-state index is 14.6. The zero-order chi connectivity index (χ0) is 18.0. The number of benzene rings is 1. The molecule has 24 heavy (non-hydrogen) atoms. The number of nitrogens with two attached hydrogens (primary N) is 1. The van der Waals surface area contributed by atoms with Crippen LogP contribution in [-0.2, 0) is 14.3 Å². The number of esters is 1. The average molecular weight is 507 g/mol. The van der Waals surface area contributed by atoms with E-state index in [2.05, 4.69) is 15.9 Å². The van der Waals surface area contributed by atoms with Crippen LogP contribution < -0.4 is 5.73 Å². The molecule has 0 aromatic heterocycles. The molecule has 1 aliphatic heterocycles. The van der Waals surface area contributed by atoms with E-state index in [0.29, 0.717) is 4.47 Å². The number of hydrogen-bond acceptors (Lipinski definition) is 5. The number of allylic oxidation sites excluding steroid dienone is 2. The highest BCUT2D eigenvalue weighted by atomic mass is 127. The molecule has 0 bridgehead atoms. The van der Waals surface area contributed by atoms with Gasteiger partial charge >= 0.3 is 5.97 Å². The Hall–Kier alpha value is -1.60. The fourth-order valence-electron chi connectivity index (χ4n) is 2.42. The molecule has 0 saturated carbocycles. The van der Waals surface area contributed by atoms with Crippen molar-refractivity contribution in [2.24, 2.45) is 5.73 Å². The summed E-state index contributed by atoms with van der Waals surface area (Å²) in [6.07, 6.45) is 0. The molecule has 0 saturated heterocycles. The van der Waals surface area contributed by atoms with E-state index in [9.17, 15) is 14.4 Å². The third kappa shape index (κ3) is 3.42. The van der Waals surface area contributed by atoms with Gasteiger partial charge < -0.3 is 15.2 Å². The highest BCUT2D eigenvalue weighted by Gasteiger charge is 2.38. The van der Waals surface area contributed by atoms with Crippen molar-refractivity contribution in [3.63, 3.8) is 0 Å². The summed E-state index contributed by atoms with van der Waals surface area (Å²) in [6, 6.07) is 4.77. The molecule has 1 heterocycles. The summed E-state index contributed by atoms with van der Waals surface area (Å²) in [5.41, 5.74) is 5.98. The van der Waals surface area contributed by atoms with E-state index < -0.39 is 17.7 Å². The van der Waals surface area contributed by atoms with Crippen molar-refractivity contribution in [2.75, 3.05) is 6.61 Å². The average Bonchev–Trinajstić information content (AvgIpc) is 2.50. The van der Waals surface area contributed by atoms with Crippen molar-refractivity contribution in [1.29, 1.82) is 5.26 Å². The van der Waals surface area contributed by atoms with Crippen molar-refractivity contribution in [3.05, 3.63) is 54.3 Å². The number of rotatable bonds is 3. The number of hydrogen-bond donors (Lipinski definition) is 1. The summed E-state index contributed by atoms with van der Waals surface area (Å²) >= 11 is 5.28. The smallest absolute Gasteiger partial charge is 0.338 e. The zero-order valence-electron chi connectivity index (χ0n) is 12.8. The van der Waals surface area contributed by atoms with E-state index >= 15 is 0 Å². The Morgan fingerprint density at radius 1 is 1.58 bits per heavy atom. The van der Waals surface area contributed by atoms with E-state index in [0.717, 1.165) is 3.57 Å². The lowest BCUT2D eigenvalue weighted by Gasteiger charge is -2.27. The predicted molar refractivity (Wildman–Crippen MR) is 96.8 cm³/mol. The minimum Gasteiger partial charge on any atom is -0.463 e. The topological polar surface area (TPSA) is 85.3 Å². The van der Waals surface area contributed by atoms with Crippen LogP contribution in [0.4, 0.5) is 4.39 Å². The number of halogens is 3. The van der Waals surface area contributed by atoms with Crippen LogP contribution in [0.3, 0.4) is 0 Å². The van der Waals surface area contributed by atoms with Crippen molar-refractivity contribution in [1.82, 2.24) is 0 Å². The second-order valence-corrected chi connectivity index (χ2v) is 6.92. The maximum Gasteiger partial charge on any atom is 0.338 e. The van der Waals surface area contributed by atoms with Crippen LogP contribution in [0.25, 0.3) is 0 Å². The van der Waals surface area contributed by atoms with Crippen LogP contribution in [-0.4, -0.2) is 12.6 Å².